The van der Waals surface area contributed by atoms with Crippen molar-refractivity contribution in [2.75, 3.05) is 0 Å². The Morgan fingerprint density at radius 2 is 0.644 bits per heavy atom. The van der Waals surface area contributed by atoms with Gasteiger partial charge in [0.1, 0.15) is 0 Å². The lowest BCUT2D eigenvalue weighted by Crippen LogP contribution is -2.49. The molecule has 0 bridgehead atoms. The van der Waals surface area contributed by atoms with E-state index >= 15 is 0 Å². The Balaban J connectivity index is 2.04. The molecule has 45 heavy (non-hydrogen) atoms. The topological polar surface area (TPSA) is 0 Å². The number of aryl methyl sites for hydroxylation is 8. The van der Waals surface area contributed by atoms with Crippen LogP contribution in [0.3, 0.4) is 0 Å². The van der Waals surface area contributed by atoms with Gasteiger partial charge in [-0.3, -0.25) is 0 Å². The van der Waals surface area contributed by atoms with Crippen LogP contribution in [-0.2, 0) is 0 Å². The molecule has 0 radical (unpaired) electrons. The Kier molecular flexibility index (Phi) is 11.6. The van der Waals surface area contributed by atoms with E-state index < -0.39 is 15.8 Å². The van der Waals surface area contributed by atoms with Crippen molar-refractivity contribution >= 4 is 37.1 Å². The molecule has 0 aromatic heterocycles. The van der Waals surface area contributed by atoms with Crippen LogP contribution in [0.5, 0.6) is 0 Å². The third-order valence-corrected chi connectivity index (χ3v) is 15.8. The molecule has 0 saturated carbocycles. The summed E-state index contributed by atoms with van der Waals surface area (Å²) in [5, 5.41) is 6.15. The van der Waals surface area contributed by atoms with Crippen molar-refractivity contribution in [3.8, 4) is 0 Å². The zero-order valence-corrected chi connectivity index (χ0v) is 32.3. The smallest absolute Gasteiger partial charge is 0.00920 e. The normalized spacial score (nSPS) is 14.7. The Morgan fingerprint density at radius 1 is 0.422 bits per heavy atom. The third-order valence-electron chi connectivity index (χ3n) is 10.0. The second-order valence-corrected chi connectivity index (χ2v) is 19.6. The summed E-state index contributed by atoms with van der Waals surface area (Å²) in [6, 6.07) is 29.4. The first-order valence-electron chi connectivity index (χ1n) is 17.1. The van der Waals surface area contributed by atoms with Crippen LogP contribution >= 0.6 is 15.8 Å². The molecule has 0 spiro atoms. The van der Waals surface area contributed by atoms with E-state index in [9.17, 15) is 0 Å². The molecular weight excluding hydrogens is 578 g/mol. The molecule has 0 saturated heterocycles. The molecule has 0 heterocycles. The van der Waals surface area contributed by atoms with Crippen LogP contribution < -0.4 is 21.2 Å². The van der Waals surface area contributed by atoms with E-state index in [1.807, 2.05) is 0 Å². The number of benzene rings is 4. The second kappa shape index (κ2) is 14.7. The van der Waals surface area contributed by atoms with Gasteiger partial charge < -0.3 is 0 Å². The van der Waals surface area contributed by atoms with Crippen molar-refractivity contribution in [1.29, 1.82) is 0 Å². The molecule has 0 aliphatic heterocycles. The Morgan fingerprint density at radius 3 is 0.822 bits per heavy atom. The molecular formula is C43H58P2. The van der Waals surface area contributed by atoms with Crippen LogP contribution in [0.4, 0.5) is 0 Å². The van der Waals surface area contributed by atoms with Crippen molar-refractivity contribution in [2.24, 2.45) is 11.3 Å². The summed E-state index contributed by atoms with van der Waals surface area (Å²) in [7, 11) is -1.24. The molecule has 0 amide bonds. The van der Waals surface area contributed by atoms with E-state index in [0.717, 1.165) is 0 Å². The van der Waals surface area contributed by atoms with Gasteiger partial charge in [0.05, 0.1) is 0 Å². The Labute approximate surface area is 279 Å². The van der Waals surface area contributed by atoms with Crippen LogP contribution in [0.25, 0.3) is 0 Å². The van der Waals surface area contributed by atoms with Gasteiger partial charge in [-0.05, 0) is 122 Å². The largest absolute Gasteiger partial charge is 0.0654 e. The minimum absolute atomic E-state index is 0.136. The van der Waals surface area contributed by atoms with E-state index in [-0.39, 0.29) is 5.41 Å². The third kappa shape index (κ3) is 7.83. The zero-order chi connectivity index (χ0) is 33.2. The molecule has 240 valence electrons. The fourth-order valence-corrected chi connectivity index (χ4v) is 16.0. The van der Waals surface area contributed by atoms with E-state index in [0.29, 0.717) is 17.2 Å². The lowest BCUT2D eigenvalue weighted by atomic mass is 9.69. The van der Waals surface area contributed by atoms with Crippen LogP contribution in [0, 0.1) is 66.7 Å². The molecule has 2 atom stereocenters. The van der Waals surface area contributed by atoms with Gasteiger partial charge in [-0.25, -0.2) is 0 Å². The lowest BCUT2D eigenvalue weighted by Gasteiger charge is -2.53. The summed E-state index contributed by atoms with van der Waals surface area (Å²) in [6.45, 7) is 31.0. The predicted molar refractivity (Wildman–Crippen MR) is 207 cm³/mol. The van der Waals surface area contributed by atoms with E-state index in [1.54, 1.807) is 0 Å². The first-order chi connectivity index (χ1) is 21.2. The highest BCUT2D eigenvalue weighted by molar-refractivity contribution is 7.74. The molecule has 0 N–H and O–H groups in total. The van der Waals surface area contributed by atoms with Gasteiger partial charge in [-0.2, -0.15) is 0 Å². The molecule has 0 aliphatic carbocycles. The molecule has 4 rings (SSSR count). The highest BCUT2D eigenvalue weighted by atomic mass is 31.1. The van der Waals surface area contributed by atoms with Gasteiger partial charge >= 0.3 is 0 Å². The highest BCUT2D eigenvalue weighted by Gasteiger charge is 2.49. The minimum atomic E-state index is -0.618. The number of rotatable bonds is 11. The standard InChI is InChI=1S/C43H58P2/c1-14-15-43(28(2)3,37(12)44(39-20-29(4)16-30(5)21-39)40-22-31(6)17-32(7)23-40)38(13)45(41-24-33(8)18-34(9)25-41)42-26-35(10)19-36(11)27-42/h16-28,37-38H,14-15H2,1-13H3. The fourth-order valence-electron chi connectivity index (χ4n) is 8.49. The molecule has 2 heteroatoms. The Hall–Kier alpha value is -2.26. The molecule has 0 fully saturated rings. The monoisotopic (exact) mass is 636 g/mol. The summed E-state index contributed by atoms with van der Waals surface area (Å²) in [5.41, 5.74) is 12.1. The van der Waals surface area contributed by atoms with Gasteiger partial charge in [-0.15, -0.1) is 0 Å². The zero-order valence-electron chi connectivity index (χ0n) is 30.5. The Bertz CT molecular complexity index is 1330. The van der Waals surface area contributed by atoms with Gasteiger partial charge in [-0.1, -0.05) is 158 Å². The first-order valence-corrected chi connectivity index (χ1v) is 19.9. The molecule has 2 unspecified atom stereocenters. The van der Waals surface area contributed by atoms with Crippen molar-refractivity contribution in [1.82, 2.24) is 0 Å². The van der Waals surface area contributed by atoms with Gasteiger partial charge in [0.15, 0.2) is 0 Å². The highest BCUT2D eigenvalue weighted by Crippen LogP contribution is 2.61. The van der Waals surface area contributed by atoms with Crippen molar-refractivity contribution in [2.45, 2.75) is 114 Å². The van der Waals surface area contributed by atoms with E-state index in [4.69, 9.17) is 0 Å². The SMILES string of the molecule is CCCC(C(C)C)(C(C)P(c1cc(C)cc(C)c1)c1cc(C)cc(C)c1)C(C)P(c1cc(C)cc(C)c1)c1cc(C)cc(C)c1. The van der Waals surface area contributed by atoms with Crippen LogP contribution in [-0.4, -0.2) is 11.3 Å². The summed E-state index contributed by atoms with van der Waals surface area (Å²) in [5.74, 6) is 0.533. The molecule has 4 aromatic carbocycles. The van der Waals surface area contributed by atoms with Crippen molar-refractivity contribution in [3.63, 3.8) is 0 Å². The van der Waals surface area contributed by atoms with Crippen molar-refractivity contribution in [3.05, 3.63) is 117 Å². The van der Waals surface area contributed by atoms with Crippen molar-refractivity contribution < 1.29 is 0 Å². The maximum Gasteiger partial charge on any atom is -0.00920 e. The minimum Gasteiger partial charge on any atom is -0.0654 e. The summed E-state index contributed by atoms with van der Waals surface area (Å²) >= 11 is 0. The van der Waals surface area contributed by atoms with E-state index in [2.05, 4.69) is 163 Å². The average Bonchev–Trinajstić information content (AvgIpc) is 2.89. The summed E-state index contributed by atoms with van der Waals surface area (Å²) in [4.78, 5) is 0. The number of hydrogen-bond acceptors (Lipinski definition) is 0. The number of hydrogen-bond donors (Lipinski definition) is 0. The summed E-state index contributed by atoms with van der Waals surface area (Å²) in [6.07, 6.45) is 2.43. The average molecular weight is 637 g/mol. The van der Waals surface area contributed by atoms with Gasteiger partial charge in [0.2, 0.25) is 0 Å². The summed E-state index contributed by atoms with van der Waals surface area (Å²) < 4.78 is 0. The lowest BCUT2D eigenvalue weighted by molar-refractivity contribution is 0.165. The second-order valence-electron chi connectivity index (χ2n) is 14.5. The molecule has 0 aliphatic rings. The first kappa shape index (κ1) is 35.6. The predicted octanol–water partition coefficient (Wildman–Crippen LogP) is 10.9. The molecule has 0 nitrogen and oxygen atoms in total. The van der Waals surface area contributed by atoms with Gasteiger partial charge in [0, 0.05) is 0 Å². The fraction of sp³-hybridized carbons (Fsp3) is 0.442. The maximum atomic E-state index is 2.64. The molecule has 4 aromatic rings. The van der Waals surface area contributed by atoms with Crippen LogP contribution in [0.1, 0.15) is 92.0 Å². The van der Waals surface area contributed by atoms with Gasteiger partial charge in [0.25, 0.3) is 0 Å². The van der Waals surface area contributed by atoms with Crippen LogP contribution in [0.2, 0.25) is 0 Å². The van der Waals surface area contributed by atoms with Crippen LogP contribution in [0.15, 0.2) is 72.8 Å². The quantitative estimate of drug-likeness (QED) is 0.144. The van der Waals surface area contributed by atoms with E-state index in [1.165, 1.54) is 78.6 Å². The maximum absolute atomic E-state index is 2.64.